The molecule has 2 aliphatic heterocycles. The number of rotatable bonds is 8. The van der Waals surface area contributed by atoms with Crippen molar-refractivity contribution >= 4 is 45.6 Å². The van der Waals surface area contributed by atoms with Gasteiger partial charge in [0.15, 0.2) is 11.5 Å². The number of methoxy groups -OCH3 is 2. The Labute approximate surface area is 244 Å². The van der Waals surface area contributed by atoms with Crippen LogP contribution in [0.5, 0.6) is 23.0 Å². The van der Waals surface area contributed by atoms with Gasteiger partial charge in [-0.25, -0.2) is 8.42 Å². The molecule has 0 spiro atoms. The molecule has 2 heterocycles. The minimum Gasteiger partial charge on any atom is -0.495 e. The number of carbonyl (C=O) groups is 1. The Bertz CT molecular complexity index is 1500. The zero-order chi connectivity index (χ0) is 27.6. The Morgan fingerprint density at radius 3 is 2.40 bits per heavy atom. The predicted octanol–water partition coefficient (Wildman–Crippen LogP) is 4.27. The molecule has 214 valence electrons. The van der Waals surface area contributed by atoms with Crippen molar-refractivity contribution in [2.24, 2.45) is 0 Å². The maximum absolute atomic E-state index is 13.3. The molecule has 0 aliphatic carbocycles. The molecule has 40 heavy (non-hydrogen) atoms. The number of sulfonamides is 1. The van der Waals surface area contributed by atoms with Crippen LogP contribution in [0, 0.1) is 0 Å². The first-order valence-corrected chi connectivity index (χ1v) is 14.1. The second-order valence-electron chi connectivity index (χ2n) is 9.08. The molecule has 0 saturated carbocycles. The highest BCUT2D eigenvalue weighted by atomic mass is 35.5. The summed E-state index contributed by atoms with van der Waals surface area (Å²) in [6.07, 6.45) is 0. The van der Waals surface area contributed by atoms with Crippen molar-refractivity contribution in [2.75, 3.05) is 51.9 Å². The summed E-state index contributed by atoms with van der Waals surface area (Å²) in [6, 6.07) is 14.8. The van der Waals surface area contributed by atoms with Gasteiger partial charge in [0.05, 0.1) is 29.8 Å². The van der Waals surface area contributed by atoms with Crippen LogP contribution in [0.15, 0.2) is 59.5 Å². The van der Waals surface area contributed by atoms with Crippen LogP contribution in [0.4, 0.5) is 5.69 Å². The molecule has 2 aliphatic rings. The molecule has 1 fully saturated rings. The average molecular weight is 611 g/mol. The highest BCUT2D eigenvalue weighted by Crippen LogP contribution is 2.37. The number of halogens is 2. The molecule has 1 amide bonds. The van der Waals surface area contributed by atoms with Crippen molar-refractivity contribution in [1.29, 1.82) is 0 Å². The number of nitrogens with one attached hydrogen (secondary N) is 1. The first-order chi connectivity index (χ1) is 18.8. The highest BCUT2D eigenvalue weighted by Gasteiger charge is 2.25. The summed E-state index contributed by atoms with van der Waals surface area (Å²) in [5, 5.41) is 0.220. The standard InChI is InChI=1S/C27H28ClN3O7S.ClH/c1-35-24-15-25(36-2)22(14-21(24)28)29-39(33,34)20-5-3-4-19(13-20)27(32)31-10-8-30(9-11-31)16-18-6-7-23-26(12-18)38-17-37-23;/h3-7,12-15,29H,8-11,16-17H2,1-2H3;1H. The van der Waals surface area contributed by atoms with Crippen molar-refractivity contribution in [1.82, 2.24) is 9.80 Å². The van der Waals surface area contributed by atoms with Gasteiger partial charge in [-0.15, -0.1) is 12.4 Å². The van der Waals surface area contributed by atoms with Gasteiger partial charge in [0.2, 0.25) is 6.79 Å². The van der Waals surface area contributed by atoms with Crippen LogP contribution < -0.4 is 23.7 Å². The Hall–Kier alpha value is -3.38. The molecule has 0 unspecified atom stereocenters. The SMILES string of the molecule is COc1cc(OC)c(NS(=O)(=O)c2cccc(C(=O)N3CCN(Cc4ccc5c(c4)OCO5)CC3)c2)cc1Cl.Cl. The molecule has 0 atom stereocenters. The summed E-state index contributed by atoms with van der Waals surface area (Å²) in [6.45, 7) is 3.41. The van der Waals surface area contributed by atoms with Gasteiger partial charge in [-0.2, -0.15) is 0 Å². The van der Waals surface area contributed by atoms with Crippen LogP contribution in [0.2, 0.25) is 5.02 Å². The minimum atomic E-state index is -4.04. The number of hydrogen-bond acceptors (Lipinski definition) is 8. The van der Waals surface area contributed by atoms with E-state index in [9.17, 15) is 13.2 Å². The summed E-state index contributed by atoms with van der Waals surface area (Å²) in [5.41, 5.74) is 1.56. The minimum absolute atomic E-state index is 0. The van der Waals surface area contributed by atoms with Gasteiger partial charge >= 0.3 is 0 Å². The van der Waals surface area contributed by atoms with Gasteiger partial charge in [-0.1, -0.05) is 23.7 Å². The number of ether oxygens (including phenoxy) is 4. The number of benzene rings is 3. The number of anilines is 1. The number of carbonyl (C=O) groups excluding carboxylic acids is 1. The number of fused-ring (bicyclic) bond motifs is 1. The van der Waals surface area contributed by atoms with E-state index in [2.05, 4.69) is 9.62 Å². The van der Waals surface area contributed by atoms with Crippen molar-refractivity contribution in [2.45, 2.75) is 11.4 Å². The summed E-state index contributed by atoms with van der Waals surface area (Å²) in [7, 11) is -1.18. The zero-order valence-corrected chi connectivity index (χ0v) is 24.3. The van der Waals surface area contributed by atoms with Crippen LogP contribution in [-0.4, -0.2) is 71.3 Å². The maximum Gasteiger partial charge on any atom is 0.262 e. The van der Waals surface area contributed by atoms with E-state index < -0.39 is 10.0 Å². The van der Waals surface area contributed by atoms with E-state index >= 15 is 0 Å². The van der Waals surface area contributed by atoms with E-state index in [4.69, 9.17) is 30.5 Å². The molecule has 1 N–H and O–H groups in total. The third-order valence-corrected chi connectivity index (χ3v) is 8.27. The monoisotopic (exact) mass is 609 g/mol. The summed E-state index contributed by atoms with van der Waals surface area (Å²) in [5.74, 6) is 1.87. The van der Waals surface area contributed by atoms with Gasteiger partial charge < -0.3 is 23.8 Å². The van der Waals surface area contributed by atoms with E-state index in [0.717, 1.165) is 23.6 Å². The molecule has 0 aromatic heterocycles. The Balaban J connectivity index is 0.00000370. The first-order valence-electron chi connectivity index (χ1n) is 12.2. The number of piperazine rings is 1. The van der Waals surface area contributed by atoms with Gasteiger partial charge in [-0.05, 0) is 42.0 Å². The summed E-state index contributed by atoms with van der Waals surface area (Å²) in [4.78, 5) is 17.2. The lowest BCUT2D eigenvalue weighted by atomic mass is 10.1. The molecule has 0 radical (unpaired) electrons. The molecule has 0 bridgehead atoms. The van der Waals surface area contributed by atoms with E-state index in [0.29, 0.717) is 37.5 Å². The molecule has 3 aromatic rings. The summed E-state index contributed by atoms with van der Waals surface area (Å²) >= 11 is 6.18. The lowest BCUT2D eigenvalue weighted by Crippen LogP contribution is -2.48. The summed E-state index contributed by atoms with van der Waals surface area (Å²) < 4.78 is 50.2. The topological polar surface area (TPSA) is 107 Å². The van der Waals surface area contributed by atoms with E-state index in [-0.39, 0.29) is 46.5 Å². The average Bonchev–Trinajstić information content (AvgIpc) is 3.41. The van der Waals surface area contributed by atoms with Gasteiger partial charge in [0.1, 0.15) is 11.5 Å². The molecule has 10 nitrogen and oxygen atoms in total. The third-order valence-electron chi connectivity index (χ3n) is 6.61. The van der Waals surface area contributed by atoms with Crippen molar-refractivity contribution < 1.29 is 32.2 Å². The number of nitrogens with zero attached hydrogens (tertiary/aromatic N) is 2. The van der Waals surface area contributed by atoms with Gasteiger partial charge in [-0.3, -0.25) is 14.4 Å². The molecular weight excluding hydrogens is 581 g/mol. The molecule has 5 rings (SSSR count). The molecular formula is C27H29Cl2N3O7S. The second kappa shape index (κ2) is 12.4. The third kappa shape index (κ3) is 6.33. The van der Waals surface area contributed by atoms with Crippen molar-refractivity contribution in [3.05, 3.63) is 70.7 Å². The number of amides is 1. The molecule has 3 aromatic carbocycles. The lowest BCUT2D eigenvalue weighted by molar-refractivity contribution is 0.0628. The van der Waals surface area contributed by atoms with Crippen LogP contribution >= 0.6 is 24.0 Å². The predicted molar refractivity (Wildman–Crippen MR) is 153 cm³/mol. The zero-order valence-electron chi connectivity index (χ0n) is 21.9. The first kappa shape index (κ1) is 29.6. The lowest BCUT2D eigenvalue weighted by Gasteiger charge is -2.34. The Morgan fingerprint density at radius 1 is 0.950 bits per heavy atom. The Kier molecular flexibility index (Phi) is 9.19. The van der Waals surface area contributed by atoms with E-state index in [1.54, 1.807) is 17.0 Å². The number of hydrogen-bond donors (Lipinski definition) is 1. The van der Waals surface area contributed by atoms with Gasteiger partial charge in [0, 0.05) is 44.4 Å². The molecule has 1 saturated heterocycles. The van der Waals surface area contributed by atoms with Crippen LogP contribution in [0.25, 0.3) is 0 Å². The second-order valence-corrected chi connectivity index (χ2v) is 11.2. The van der Waals surface area contributed by atoms with E-state index in [1.165, 1.54) is 38.5 Å². The van der Waals surface area contributed by atoms with Crippen LogP contribution in [0.1, 0.15) is 15.9 Å². The van der Waals surface area contributed by atoms with E-state index in [1.807, 2.05) is 18.2 Å². The fraction of sp³-hybridized carbons (Fsp3) is 0.296. The Morgan fingerprint density at radius 2 is 1.68 bits per heavy atom. The normalized spacial score (nSPS) is 14.8. The quantitative estimate of drug-likeness (QED) is 0.404. The van der Waals surface area contributed by atoms with Gasteiger partial charge in [0.25, 0.3) is 15.9 Å². The fourth-order valence-corrected chi connectivity index (χ4v) is 5.88. The fourth-order valence-electron chi connectivity index (χ4n) is 4.53. The van der Waals surface area contributed by atoms with Crippen molar-refractivity contribution in [3.8, 4) is 23.0 Å². The van der Waals surface area contributed by atoms with Crippen LogP contribution in [-0.2, 0) is 16.6 Å². The highest BCUT2D eigenvalue weighted by molar-refractivity contribution is 7.92. The molecule has 13 heteroatoms. The smallest absolute Gasteiger partial charge is 0.262 e. The maximum atomic E-state index is 13.3. The van der Waals surface area contributed by atoms with Crippen LogP contribution in [0.3, 0.4) is 0 Å². The largest absolute Gasteiger partial charge is 0.495 e. The van der Waals surface area contributed by atoms with Crippen molar-refractivity contribution in [3.63, 3.8) is 0 Å².